The summed E-state index contributed by atoms with van der Waals surface area (Å²) in [7, 11) is 0. The molecule has 4 nitrogen and oxygen atoms in total. The SMILES string of the molecule is CC(C)c1ccnc(-c2[c-]ccc3ccccc23)c1.[Ir].[c-]1ccccc1-c1ncc2ccc3cnccc3c2n1. The molecule has 1 radical (unpaired) electrons. The van der Waals surface area contributed by atoms with Crippen molar-refractivity contribution in [1.29, 1.82) is 0 Å². The second-order valence-corrected chi connectivity index (χ2v) is 9.64. The van der Waals surface area contributed by atoms with E-state index in [-0.39, 0.29) is 20.1 Å². The minimum atomic E-state index is 0. The Morgan fingerprint density at radius 1 is 0.675 bits per heavy atom. The zero-order valence-electron chi connectivity index (χ0n) is 22.2. The molecule has 5 heteroatoms. The normalized spacial score (nSPS) is 10.8. The third kappa shape index (κ3) is 5.67. The summed E-state index contributed by atoms with van der Waals surface area (Å²) in [6.07, 6.45) is 7.39. The van der Waals surface area contributed by atoms with Gasteiger partial charge in [-0.25, -0.2) is 0 Å². The van der Waals surface area contributed by atoms with Crippen LogP contribution in [0.5, 0.6) is 0 Å². The fourth-order valence-electron chi connectivity index (χ4n) is 4.64. The van der Waals surface area contributed by atoms with Crippen LogP contribution in [0.1, 0.15) is 25.3 Å². The first-order valence-corrected chi connectivity index (χ1v) is 13.0. The van der Waals surface area contributed by atoms with Gasteiger partial charge in [-0.2, -0.15) is 0 Å². The Labute approximate surface area is 247 Å². The van der Waals surface area contributed by atoms with Crippen molar-refractivity contribution in [3.63, 3.8) is 0 Å². The van der Waals surface area contributed by atoms with Crippen LogP contribution in [0, 0.1) is 12.1 Å². The maximum atomic E-state index is 4.70. The van der Waals surface area contributed by atoms with E-state index in [0.29, 0.717) is 11.7 Å². The Bertz CT molecular complexity index is 1900. The first-order valence-electron chi connectivity index (χ1n) is 13.0. The molecule has 0 bridgehead atoms. The number of rotatable bonds is 3. The molecule has 0 amide bonds. The summed E-state index contributed by atoms with van der Waals surface area (Å²) in [5, 5.41) is 5.65. The molecular weight excluding hydrogens is 669 g/mol. The van der Waals surface area contributed by atoms with Gasteiger partial charge in [0.1, 0.15) is 0 Å². The number of fused-ring (bicyclic) bond motifs is 4. The predicted octanol–water partition coefficient (Wildman–Crippen LogP) is 8.47. The molecule has 0 aliphatic carbocycles. The van der Waals surface area contributed by atoms with Gasteiger partial charge in [-0.05, 0) is 23.7 Å². The molecule has 0 unspecified atom stereocenters. The van der Waals surface area contributed by atoms with Gasteiger partial charge in [-0.3, -0.25) is 15.0 Å². The average Bonchev–Trinajstić information content (AvgIpc) is 3.01. The molecule has 7 aromatic rings. The molecule has 0 atom stereocenters. The molecular formula is C35H26IrN4-2. The van der Waals surface area contributed by atoms with Crippen molar-refractivity contribution in [2.24, 2.45) is 0 Å². The minimum Gasteiger partial charge on any atom is -0.305 e. The fraction of sp³-hybridized carbons (Fsp3) is 0.0857. The van der Waals surface area contributed by atoms with Gasteiger partial charge in [0.2, 0.25) is 0 Å². The van der Waals surface area contributed by atoms with E-state index >= 15 is 0 Å². The Morgan fingerprint density at radius 3 is 2.38 bits per heavy atom. The first-order chi connectivity index (χ1) is 19.2. The van der Waals surface area contributed by atoms with E-state index in [1.165, 1.54) is 16.3 Å². The standard InChI is InChI=1S/C18H16N.C17H10N3.Ir/c1-13(2)15-10-11-19-18(12-15)17-9-5-7-14-6-3-4-8-16(14)17;1-2-4-12(5-3-1)17-19-11-14-7-6-13-10-18-9-8-15(13)16(14)20-17;/h3-8,10-13H,1-2H3;1-4,6-11H;/q2*-1;. The average molecular weight is 695 g/mol. The van der Waals surface area contributed by atoms with Crippen molar-refractivity contribution in [2.45, 2.75) is 19.8 Å². The van der Waals surface area contributed by atoms with Crippen LogP contribution in [0.3, 0.4) is 0 Å². The third-order valence-corrected chi connectivity index (χ3v) is 6.74. The molecule has 7 rings (SSSR count). The zero-order chi connectivity index (χ0) is 26.6. The van der Waals surface area contributed by atoms with Crippen molar-refractivity contribution in [1.82, 2.24) is 19.9 Å². The monoisotopic (exact) mass is 695 g/mol. The van der Waals surface area contributed by atoms with Crippen molar-refractivity contribution in [3.8, 4) is 22.6 Å². The molecule has 0 spiro atoms. The minimum absolute atomic E-state index is 0. The molecule has 40 heavy (non-hydrogen) atoms. The largest absolute Gasteiger partial charge is 0.305 e. The summed E-state index contributed by atoms with van der Waals surface area (Å²) in [4.78, 5) is 17.8. The zero-order valence-corrected chi connectivity index (χ0v) is 24.6. The van der Waals surface area contributed by atoms with Crippen LogP contribution in [0.4, 0.5) is 0 Å². The van der Waals surface area contributed by atoms with Crippen LogP contribution in [0.25, 0.3) is 55.1 Å². The van der Waals surface area contributed by atoms with Crippen molar-refractivity contribution in [3.05, 3.63) is 133 Å². The molecule has 3 aromatic heterocycles. The van der Waals surface area contributed by atoms with Gasteiger partial charge in [0.25, 0.3) is 0 Å². The smallest absolute Gasteiger partial charge is 0.0756 e. The van der Waals surface area contributed by atoms with Crippen molar-refractivity contribution >= 4 is 32.4 Å². The van der Waals surface area contributed by atoms with Crippen molar-refractivity contribution in [2.75, 3.05) is 0 Å². The molecule has 0 aliphatic heterocycles. The number of hydrogen-bond acceptors (Lipinski definition) is 4. The summed E-state index contributed by atoms with van der Waals surface area (Å²) in [6.45, 7) is 4.40. The topological polar surface area (TPSA) is 51.6 Å². The third-order valence-electron chi connectivity index (χ3n) is 6.74. The van der Waals surface area contributed by atoms with E-state index in [1.54, 1.807) is 6.20 Å². The Kier molecular flexibility index (Phi) is 8.35. The molecule has 0 aliphatic rings. The summed E-state index contributed by atoms with van der Waals surface area (Å²) < 4.78 is 0. The molecule has 3 heterocycles. The summed E-state index contributed by atoms with van der Waals surface area (Å²) in [5.74, 6) is 1.21. The predicted molar refractivity (Wildman–Crippen MR) is 159 cm³/mol. The molecule has 0 saturated heterocycles. The van der Waals surface area contributed by atoms with E-state index in [0.717, 1.165) is 38.5 Å². The molecule has 0 saturated carbocycles. The van der Waals surface area contributed by atoms with Crippen LogP contribution in [0.15, 0.2) is 116 Å². The summed E-state index contributed by atoms with van der Waals surface area (Å²) in [6, 6.07) is 37.0. The maximum Gasteiger partial charge on any atom is 0.0756 e. The van der Waals surface area contributed by atoms with Gasteiger partial charge in [0.15, 0.2) is 0 Å². The van der Waals surface area contributed by atoms with Crippen LogP contribution < -0.4 is 0 Å². The van der Waals surface area contributed by atoms with Crippen LogP contribution in [-0.2, 0) is 20.1 Å². The van der Waals surface area contributed by atoms with E-state index in [2.05, 4.69) is 83.4 Å². The molecule has 0 fully saturated rings. The number of hydrogen-bond donors (Lipinski definition) is 0. The van der Waals surface area contributed by atoms with Gasteiger partial charge in [-0.15, -0.1) is 65.0 Å². The Hall–Kier alpha value is -4.31. The van der Waals surface area contributed by atoms with Crippen molar-refractivity contribution < 1.29 is 20.1 Å². The fourth-order valence-corrected chi connectivity index (χ4v) is 4.64. The number of nitrogens with zero attached hydrogens (tertiary/aromatic N) is 4. The molecule has 197 valence electrons. The summed E-state index contributed by atoms with van der Waals surface area (Å²) >= 11 is 0. The van der Waals surface area contributed by atoms with Crippen LogP contribution in [-0.4, -0.2) is 19.9 Å². The van der Waals surface area contributed by atoms with Gasteiger partial charge in [0, 0.05) is 61.1 Å². The molecule has 0 N–H and O–H groups in total. The maximum absolute atomic E-state index is 4.70. The molecule has 4 aromatic carbocycles. The first kappa shape index (κ1) is 27.3. The van der Waals surface area contributed by atoms with Crippen LogP contribution >= 0.6 is 0 Å². The van der Waals surface area contributed by atoms with E-state index in [9.17, 15) is 0 Å². The number of pyridine rings is 2. The second-order valence-electron chi connectivity index (χ2n) is 9.64. The van der Waals surface area contributed by atoms with Gasteiger partial charge < -0.3 is 4.98 Å². The number of aromatic nitrogens is 4. The van der Waals surface area contributed by atoms with E-state index in [4.69, 9.17) is 4.98 Å². The van der Waals surface area contributed by atoms with Crippen LogP contribution in [0.2, 0.25) is 0 Å². The Balaban J connectivity index is 0.000000158. The van der Waals surface area contributed by atoms with Gasteiger partial charge in [-0.1, -0.05) is 67.3 Å². The van der Waals surface area contributed by atoms with E-state index < -0.39 is 0 Å². The summed E-state index contributed by atoms with van der Waals surface area (Å²) in [5.41, 5.74) is 5.25. The van der Waals surface area contributed by atoms with Gasteiger partial charge in [0.05, 0.1) is 11.3 Å². The van der Waals surface area contributed by atoms with E-state index in [1.807, 2.05) is 67.1 Å². The van der Waals surface area contributed by atoms with Gasteiger partial charge >= 0.3 is 0 Å². The number of benzene rings is 4. The Morgan fingerprint density at radius 2 is 1.52 bits per heavy atom. The quantitative estimate of drug-likeness (QED) is 0.138. The second kappa shape index (κ2) is 12.3.